The van der Waals surface area contributed by atoms with Crippen molar-refractivity contribution in [3.63, 3.8) is 0 Å². The third-order valence-corrected chi connectivity index (χ3v) is 3.84. The molecule has 0 radical (unpaired) electrons. The first kappa shape index (κ1) is 14.5. The van der Waals surface area contributed by atoms with E-state index < -0.39 is 16.8 Å². The molecule has 0 aromatic carbocycles. The topological polar surface area (TPSA) is 93.3 Å². The van der Waals surface area contributed by atoms with E-state index in [2.05, 4.69) is 5.32 Å². The van der Waals surface area contributed by atoms with E-state index in [1.165, 1.54) is 23.9 Å². The first-order chi connectivity index (χ1) is 9.47. The number of aliphatic hydroxyl groups is 1. The van der Waals surface area contributed by atoms with Crippen LogP contribution in [0, 0.1) is 0 Å². The van der Waals surface area contributed by atoms with Crippen molar-refractivity contribution in [2.45, 2.75) is 37.8 Å². The van der Waals surface area contributed by atoms with Crippen LogP contribution in [0.25, 0.3) is 0 Å². The van der Waals surface area contributed by atoms with Crippen LogP contribution in [-0.4, -0.2) is 32.3 Å². The lowest BCUT2D eigenvalue weighted by Gasteiger charge is -2.28. The van der Waals surface area contributed by atoms with Gasteiger partial charge in [0.25, 0.3) is 5.56 Å². The Morgan fingerprint density at radius 3 is 2.65 bits per heavy atom. The van der Waals surface area contributed by atoms with Crippen LogP contribution in [-0.2, 0) is 18.4 Å². The van der Waals surface area contributed by atoms with Crippen LogP contribution in [0.2, 0.25) is 0 Å². The number of carbonyl (C=O) groups is 1. The summed E-state index contributed by atoms with van der Waals surface area (Å²) in [6.45, 7) is -0.254. The Bertz CT molecular complexity index is 611. The molecular weight excluding hydrogens is 262 g/mol. The Hall–Kier alpha value is -1.89. The van der Waals surface area contributed by atoms with Crippen molar-refractivity contribution in [2.24, 2.45) is 7.05 Å². The molecule has 2 rings (SSSR count). The SMILES string of the molecule is Cn1c(=O)ccn(CC(=O)NC2(CO)CCCC2)c1=O. The number of nitrogens with one attached hydrogen (secondary N) is 1. The largest absolute Gasteiger partial charge is 0.394 e. The highest BCUT2D eigenvalue weighted by Gasteiger charge is 2.34. The molecule has 1 fully saturated rings. The predicted octanol–water partition coefficient (Wildman–Crippen LogP) is -1.03. The van der Waals surface area contributed by atoms with E-state index in [0.717, 1.165) is 30.3 Å². The summed E-state index contributed by atoms with van der Waals surface area (Å²) in [7, 11) is 1.37. The molecule has 1 heterocycles. The summed E-state index contributed by atoms with van der Waals surface area (Å²) in [4.78, 5) is 35.1. The summed E-state index contributed by atoms with van der Waals surface area (Å²) in [5.74, 6) is -0.332. The van der Waals surface area contributed by atoms with Gasteiger partial charge in [0, 0.05) is 19.3 Å². The summed E-state index contributed by atoms with van der Waals surface area (Å²) >= 11 is 0. The minimum absolute atomic E-state index is 0.0963. The van der Waals surface area contributed by atoms with E-state index >= 15 is 0 Å². The van der Waals surface area contributed by atoms with Gasteiger partial charge in [-0.25, -0.2) is 4.79 Å². The van der Waals surface area contributed by atoms with Gasteiger partial charge < -0.3 is 10.4 Å². The zero-order valence-corrected chi connectivity index (χ0v) is 11.5. The molecule has 110 valence electrons. The molecule has 0 bridgehead atoms. The molecular formula is C13H19N3O4. The van der Waals surface area contributed by atoms with Crippen LogP contribution in [0.15, 0.2) is 21.9 Å². The second kappa shape index (κ2) is 5.62. The van der Waals surface area contributed by atoms with E-state index in [1.54, 1.807) is 0 Å². The Morgan fingerprint density at radius 1 is 1.40 bits per heavy atom. The van der Waals surface area contributed by atoms with Crippen LogP contribution < -0.4 is 16.6 Å². The van der Waals surface area contributed by atoms with E-state index in [0.29, 0.717) is 0 Å². The van der Waals surface area contributed by atoms with Crippen LogP contribution in [0.3, 0.4) is 0 Å². The molecule has 7 heteroatoms. The number of aromatic nitrogens is 2. The first-order valence-corrected chi connectivity index (χ1v) is 6.66. The number of rotatable bonds is 4. The molecule has 20 heavy (non-hydrogen) atoms. The molecule has 0 aliphatic heterocycles. The van der Waals surface area contributed by atoms with Crippen LogP contribution in [0.4, 0.5) is 0 Å². The van der Waals surface area contributed by atoms with E-state index in [9.17, 15) is 19.5 Å². The van der Waals surface area contributed by atoms with Crippen molar-refractivity contribution in [2.75, 3.05) is 6.61 Å². The van der Waals surface area contributed by atoms with Crippen molar-refractivity contribution in [1.82, 2.24) is 14.5 Å². The highest BCUT2D eigenvalue weighted by atomic mass is 16.3. The maximum absolute atomic E-state index is 12.0. The summed E-state index contributed by atoms with van der Waals surface area (Å²) in [5, 5.41) is 12.3. The molecule has 0 spiro atoms. The molecule has 0 saturated heterocycles. The number of amides is 1. The Labute approximate surface area is 115 Å². The molecule has 7 nitrogen and oxygen atoms in total. The summed E-state index contributed by atoms with van der Waals surface area (Å²) < 4.78 is 2.13. The van der Waals surface area contributed by atoms with Crippen molar-refractivity contribution >= 4 is 5.91 Å². The lowest BCUT2D eigenvalue weighted by Crippen LogP contribution is -2.51. The number of hydrogen-bond acceptors (Lipinski definition) is 4. The third kappa shape index (κ3) is 2.82. The molecule has 1 aliphatic carbocycles. The molecule has 1 aliphatic rings. The van der Waals surface area contributed by atoms with Gasteiger partial charge >= 0.3 is 5.69 Å². The summed E-state index contributed by atoms with van der Waals surface area (Å²) in [5.41, 5.74) is -1.49. The Balaban J connectivity index is 2.11. The molecule has 1 aromatic rings. The number of hydrogen-bond donors (Lipinski definition) is 2. The minimum atomic E-state index is -0.554. The number of carbonyl (C=O) groups excluding carboxylic acids is 1. The van der Waals surface area contributed by atoms with Gasteiger partial charge in [-0.05, 0) is 12.8 Å². The van der Waals surface area contributed by atoms with Gasteiger partial charge in [0.15, 0.2) is 0 Å². The van der Waals surface area contributed by atoms with Gasteiger partial charge in [0.05, 0.1) is 12.1 Å². The molecule has 1 saturated carbocycles. The standard InChI is InChI=1S/C13H19N3O4/c1-15-11(19)4-7-16(12(15)20)8-10(18)14-13(9-17)5-2-3-6-13/h4,7,17H,2-3,5-6,8-9H2,1H3,(H,14,18). The third-order valence-electron chi connectivity index (χ3n) is 3.84. The average molecular weight is 281 g/mol. The normalized spacial score (nSPS) is 17.1. The molecule has 2 N–H and O–H groups in total. The monoisotopic (exact) mass is 281 g/mol. The van der Waals surface area contributed by atoms with Gasteiger partial charge in [-0.15, -0.1) is 0 Å². The van der Waals surface area contributed by atoms with Gasteiger partial charge in [-0.3, -0.25) is 18.7 Å². The fourth-order valence-electron chi connectivity index (χ4n) is 2.60. The van der Waals surface area contributed by atoms with Crippen LogP contribution >= 0.6 is 0 Å². The first-order valence-electron chi connectivity index (χ1n) is 6.66. The zero-order chi connectivity index (χ0) is 14.8. The van der Waals surface area contributed by atoms with Crippen LogP contribution in [0.5, 0.6) is 0 Å². The van der Waals surface area contributed by atoms with Crippen LogP contribution in [0.1, 0.15) is 25.7 Å². The van der Waals surface area contributed by atoms with Gasteiger partial charge in [0.1, 0.15) is 6.54 Å². The maximum Gasteiger partial charge on any atom is 0.331 e. The predicted molar refractivity (Wildman–Crippen MR) is 72.4 cm³/mol. The van der Waals surface area contributed by atoms with Gasteiger partial charge in [-0.1, -0.05) is 12.8 Å². The lowest BCUT2D eigenvalue weighted by molar-refractivity contribution is -0.124. The van der Waals surface area contributed by atoms with Crippen molar-refractivity contribution in [3.8, 4) is 0 Å². The lowest BCUT2D eigenvalue weighted by atomic mass is 9.99. The Kier molecular flexibility index (Phi) is 4.08. The van der Waals surface area contributed by atoms with E-state index in [1.807, 2.05) is 0 Å². The molecule has 1 aromatic heterocycles. The van der Waals surface area contributed by atoms with Crippen molar-refractivity contribution in [3.05, 3.63) is 33.1 Å². The fraction of sp³-hybridized carbons (Fsp3) is 0.615. The fourth-order valence-corrected chi connectivity index (χ4v) is 2.60. The second-order valence-corrected chi connectivity index (χ2v) is 5.32. The minimum Gasteiger partial charge on any atom is -0.394 e. The Morgan fingerprint density at radius 2 is 2.05 bits per heavy atom. The van der Waals surface area contributed by atoms with Gasteiger partial charge in [0.2, 0.25) is 5.91 Å². The summed E-state index contributed by atoms with van der Waals surface area (Å²) in [6.07, 6.45) is 4.75. The highest BCUT2D eigenvalue weighted by molar-refractivity contribution is 5.76. The maximum atomic E-state index is 12.0. The van der Waals surface area contributed by atoms with Crippen molar-refractivity contribution < 1.29 is 9.90 Å². The zero-order valence-electron chi connectivity index (χ0n) is 11.5. The van der Waals surface area contributed by atoms with Gasteiger partial charge in [-0.2, -0.15) is 0 Å². The summed E-state index contributed by atoms with van der Waals surface area (Å²) in [6, 6.07) is 1.24. The molecule has 0 unspecified atom stereocenters. The molecule has 0 atom stereocenters. The van der Waals surface area contributed by atoms with E-state index in [4.69, 9.17) is 0 Å². The second-order valence-electron chi connectivity index (χ2n) is 5.32. The average Bonchev–Trinajstić information content (AvgIpc) is 2.88. The van der Waals surface area contributed by atoms with E-state index in [-0.39, 0.29) is 19.1 Å². The quantitative estimate of drug-likeness (QED) is 0.738. The van der Waals surface area contributed by atoms with Crippen molar-refractivity contribution in [1.29, 1.82) is 0 Å². The smallest absolute Gasteiger partial charge is 0.331 e. The highest BCUT2D eigenvalue weighted by Crippen LogP contribution is 2.28. The molecule has 1 amide bonds. The number of nitrogens with zero attached hydrogens (tertiary/aromatic N) is 2. The number of aliphatic hydroxyl groups excluding tert-OH is 1.